The summed E-state index contributed by atoms with van der Waals surface area (Å²) in [6, 6.07) is 10.7. The van der Waals surface area contributed by atoms with E-state index in [4.69, 9.17) is 23.4 Å². The molecule has 2 aromatic carbocycles. The summed E-state index contributed by atoms with van der Waals surface area (Å²) in [6.07, 6.45) is 0. The van der Waals surface area contributed by atoms with Gasteiger partial charge in [0.2, 0.25) is 11.2 Å². The fourth-order valence-corrected chi connectivity index (χ4v) is 3.11. The van der Waals surface area contributed by atoms with Crippen molar-refractivity contribution in [3.05, 3.63) is 57.7 Å². The SMILES string of the molecule is COCCOC(=O)COc1c(-c2ccc(OC)cc2)oc2c(C)cc(C)cc2c1=O. The molecule has 158 valence electrons. The van der Waals surface area contributed by atoms with Crippen molar-refractivity contribution >= 4 is 16.9 Å². The highest BCUT2D eigenvalue weighted by Crippen LogP contribution is 2.33. The highest BCUT2D eigenvalue weighted by Gasteiger charge is 2.20. The second-order valence-electron chi connectivity index (χ2n) is 6.78. The Hall–Kier alpha value is -3.32. The first-order valence-corrected chi connectivity index (χ1v) is 9.44. The molecule has 1 heterocycles. The van der Waals surface area contributed by atoms with Gasteiger partial charge >= 0.3 is 5.97 Å². The maximum absolute atomic E-state index is 13.2. The molecule has 0 aliphatic rings. The van der Waals surface area contributed by atoms with E-state index < -0.39 is 12.6 Å². The molecular weight excluding hydrogens is 388 g/mol. The quantitative estimate of drug-likeness (QED) is 0.412. The molecule has 0 atom stereocenters. The number of benzene rings is 2. The minimum Gasteiger partial charge on any atom is -0.497 e. The van der Waals surface area contributed by atoms with Crippen LogP contribution in [-0.2, 0) is 14.3 Å². The first kappa shape index (κ1) is 21.4. The number of ether oxygens (including phenoxy) is 4. The Kier molecular flexibility index (Phi) is 6.74. The summed E-state index contributed by atoms with van der Waals surface area (Å²) < 4.78 is 26.8. The van der Waals surface area contributed by atoms with Gasteiger partial charge in [-0.3, -0.25) is 4.79 Å². The summed E-state index contributed by atoms with van der Waals surface area (Å²) in [7, 11) is 3.08. The Morgan fingerprint density at radius 3 is 2.43 bits per heavy atom. The van der Waals surface area contributed by atoms with Crippen molar-refractivity contribution in [3.63, 3.8) is 0 Å². The van der Waals surface area contributed by atoms with Gasteiger partial charge in [0.25, 0.3) is 0 Å². The zero-order valence-electron chi connectivity index (χ0n) is 17.4. The minimum absolute atomic E-state index is 0.0404. The number of carbonyl (C=O) groups excluding carboxylic acids is 1. The first-order chi connectivity index (χ1) is 14.4. The summed E-state index contributed by atoms with van der Waals surface area (Å²) in [6.45, 7) is 3.74. The molecule has 0 spiro atoms. The smallest absolute Gasteiger partial charge is 0.344 e. The molecule has 1 aromatic heterocycles. The molecule has 0 radical (unpaired) electrons. The lowest BCUT2D eigenvalue weighted by Crippen LogP contribution is -2.20. The molecule has 0 N–H and O–H groups in total. The van der Waals surface area contributed by atoms with Crippen LogP contribution in [0.5, 0.6) is 11.5 Å². The van der Waals surface area contributed by atoms with Gasteiger partial charge in [-0.1, -0.05) is 6.07 Å². The van der Waals surface area contributed by atoms with Gasteiger partial charge in [-0.25, -0.2) is 4.79 Å². The van der Waals surface area contributed by atoms with Gasteiger partial charge < -0.3 is 23.4 Å². The summed E-state index contributed by atoms with van der Waals surface area (Å²) in [5, 5.41) is 0.396. The van der Waals surface area contributed by atoms with E-state index in [-0.39, 0.29) is 30.2 Å². The maximum Gasteiger partial charge on any atom is 0.344 e. The number of methoxy groups -OCH3 is 2. The predicted molar refractivity (Wildman–Crippen MR) is 112 cm³/mol. The summed E-state index contributed by atoms with van der Waals surface area (Å²) in [4.78, 5) is 25.2. The van der Waals surface area contributed by atoms with Crippen LogP contribution in [-0.4, -0.2) is 40.0 Å². The molecule has 3 rings (SSSR count). The van der Waals surface area contributed by atoms with Crippen LogP contribution in [0.15, 0.2) is 45.6 Å². The molecule has 0 aliphatic heterocycles. The summed E-state index contributed by atoms with van der Waals surface area (Å²) >= 11 is 0. The standard InChI is InChI=1S/C23H24O7/c1-14-11-15(2)21-18(12-14)20(25)23(29-13-19(24)28-10-9-26-3)22(30-21)16-5-7-17(27-4)8-6-16/h5-8,11-12H,9-10,13H2,1-4H3. The van der Waals surface area contributed by atoms with Crippen LogP contribution in [0.25, 0.3) is 22.3 Å². The Morgan fingerprint density at radius 2 is 1.77 bits per heavy atom. The lowest BCUT2D eigenvalue weighted by molar-refractivity contribution is -0.147. The van der Waals surface area contributed by atoms with Crippen molar-refractivity contribution in [3.8, 4) is 22.8 Å². The Balaban J connectivity index is 2.06. The number of aryl methyl sites for hydroxylation is 2. The van der Waals surface area contributed by atoms with Crippen LogP contribution in [0, 0.1) is 13.8 Å². The predicted octanol–water partition coefficient (Wildman–Crippen LogP) is 3.65. The van der Waals surface area contributed by atoms with Crippen molar-refractivity contribution in [1.29, 1.82) is 0 Å². The molecule has 0 bridgehead atoms. The lowest BCUT2D eigenvalue weighted by atomic mass is 10.1. The molecule has 0 saturated carbocycles. The van der Waals surface area contributed by atoms with E-state index in [0.717, 1.165) is 11.1 Å². The highest BCUT2D eigenvalue weighted by molar-refractivity contribution is 5.85. The van der Waals surface area contributed by atoms with Gasteiger partial charge in [0, 0.05) is 12.7 Å². The zero-order chi connectivity index (χ0) is 21.7. The van der Waals surface area contributed by atoms with Gasteiger partial charge in [-0.05, 0) is 55.3 Å². The fraction of sp³-hybridized carbons (Fsp3) is 0.304. The molecule has 0 amide bonds. The second-order valence-corrected chi connectivity index (χ2v) is 6.78. The molecule has 0 fully saturated rings. The van der Waals surface area contributed by atoms with Crippen molar-refractivity contribution < 1.29 is 28.2 Å². The average Bonchev–Trinajstić information content (AvgIpc) is 2.73. The lowest BCUT2D eigenvalue weighted by Gasteiger charge is -2.13. The zero-order valence-corrected chi connectivity index (χ0v) is 17.4. The molecule has 7 heteroatoms. The molecular formula is C23H24O7. The average molecular weight is 412 g/mol. The van der Waals surface area contributed by atoms with Gasteiger partial charge in [-0.2, -0.15) is 0 Å². The summed E-state index contributed by atoms with van der Waals surface area (Å²) in [5.74, 6) is 0.263. The monoisotopic (exact) mass is 412 g/mol. The van der Waals surface area contributed by atoms with Crippen LogP contribution in [0.1, 0.15) is 11.1 Å². The van der Waals surface area contributed by atoms with Gasteiger partial charge in [0.15, 0.2) is 12.4 Å². The van der Waals surface area contributed by atoms with Gasteiger partial charge in [0.1, 0.15) is 17.9 Å². The molecule has 3 aromatic rings. The first-order valence-electron chi connectivity index (χ1n) is 9.44. The number of carbonyl (C=O) groups is 1. The van der Waals surface area contributed by atoms with Crippen LogP contribution in [0.2, 0.25) is 0 Å². The Morgan fingerprint density at radius 1 is 1.03 bits per heavy atom. The second kappa shape index (κ2) is 9.45. The van der Waals surface area contributed by atoms with Gasteiger partial charge in [-0.15, -0.1) is 0 Å². The number of hydrogen-bond acceptors (Lipinski definition) is 7. The number of rotatable bonds is 8. The van der Waals surface area contributed by atoms with E-state index in [9.17, 15) is 9.59 Å². The van der Waals surface area contributed by atoms with Crippen molar-refractivity contribution in [2.45, 2.75) is 13.8 Å². The van der Waals surface area contributed by atoms with Crippen molar-refractivity contribution in [1.82, 2.24) is 0 Å². The van der Waals surface area contributed by atoms with Gasteiger partial charge in [0.05, 0.1) is 19.1 Å². The van der Waals surface area contributed by atoms with E-state index >= 15 is 0 Å². The molecule has 0 saturated heterocycles. The fourth-order valence-electron chi connectivity index (χ4n) is 3.11. The molecule has 30 heavy (non-hydrogen) atoms. The van der Waals surface area contributed by atoms with E-state index in [1.807, 2.05) is 19.9 Å². The number of esters is 1. The van der Waals surface area contributed by atoms with Crippen LogP contribution < -0.4 is 14.9 Å². The Bertz CT molecular complexity index is 1100. The van der Waals surface area contributed by atoms with Crippen LogP contribution in [0.3, 0.4) is 0 Å². The van der Waals surface area contributed by atoms with E-state index in [1.165, 1.54) is 7.11 Å². The van der Waals surface area contributed by atoms with Crippen LogP contribution in [0.4, 0.5) is 0 Å². The number of hydrogen-bond donors (Lipinski definition) is 0. The third kappa shape index (κ3) is 4.63. The Labute approximate surface area is 174 Å². The molecule has 0 aliphatic carbocycles. The third-order valence-corrected chi connectivity index (χ3v) is 4.52. The maximum atomic E-state index is 13.2. The van der Waals surface area contributed by atoms with E-state index in [0.29, 0.717) is 22.3 Å². The van der Waals surface area contributed by atoms with Crippen molar-refractivity contribution in [2.75, 3.05) is 34.0 Å². The minimum atomic E-state index is -0.604. The van der Waals surface area contributed by atoms with E-state index in [1.54, 1.807) is 37.4 Å². The van der Waals surface area contributed by atoms with Crippen molar-refractivity contribution in [2.24, 2.45) is 0 Å². The highest BCUT2D eigenvalue weighted by atomic mass is 16.6. The normalized spacial score (nSPS) is 10.8. The largest absolute Gasteiger partial charge is 0.497 e. The third-order valence-electron chi connectivity index (χ3n) is 4.52. The molecule has 7 nitrogen and oxygen atoms in total. The summed E-state index contributed by atoms with van der Waals surface area (Å²) in [5.41, 5.74) is 2.51. The van der Waals surface area contributed by atoms with E-state index in [2.05, 4.69) is 0 Å². The van der Waals surface area contributed by atoms with Crippen LogP contribution >= 0.6 is 0 Å². The number of fused-ring (bicyclic) bond motifs is 1. The topological polar surface area (TPSA) is 84.2 Å². The molecule has 0 unspecified atom stereocenters.